The molecule has 0 spiro atoms. The average Bonchev–Trinajstić information content (AvgIpc) is 3.02. The third-order valence-corrected chi connectivity index (χ3v) is 4.48. The zero-order chi connectivity index (χ0) is 18.8. The Bertz CT molecular complexity index is 623. The molecule has 0 aliphatic carbocycles. The van der Waals surface area contributed by atoms with Crippen LogP contribution in [0.3, 0.4) is 0 Å². The summed E-state index contributed by atoms with van der Waals surface area (Å²) in [5.74, 6) is -0.0881. The summed E-state index contributed by atoms with van der Waals surface area (Å²) in [5, 5.41) is 4.41. The highest BCUT2D eigenvalue weighted by Gasteiger charge is 2.47. The molecule has 7 heteroatoms. The standard InChI is InChI=1S/C18H29N3O4/c1-13(2)14-7-10-19-21(14)18(15(22)24-6)8-11-20(12-9-18)16(23)25-17(3,4)5/h7,10,13H,8-9,11-12H2,1-6H3. The van der Waals surface area contributed by atoms with Crippen molar-refractivity contribution in [2.75, 3.05) is 20.2 Å². The maximum absolute atomic E-state index is 12.6. The van der Waals surface area contributed by atoms with E-state index in [9.17, 15) is 9.59 Å². The SMILES string of the molecule is COC(=O)C1(n2nccc2C(C)C)CCN(C(=O)OC(C)(C)C)CC1. The summed E-state index contributed by atoms with van der Waals surface area (Å²) in [6.45, 7) is 10.5. The van der Waals surface area contributed by atoms with E-state index in [0.717, 1.165) is 5.69 Å². The first kappa shape index (κ1) is 19.3. The number of likely N-dealkylation sites (tertiary alicyclic amines) is 1. The van der Waals surface area contributed by atoms with Gasteiger partial charge in [0.2, 0.25) is 0 Å². The summed E-state index contributed by atoms with van der Waals surface area (Å²) in [6.07, 6.45) is 2.25. The number of hydrogen-bond acceptors (Lipinski definition) is 5. The van der Waals surface area contributed by atoms with Gasteiger partial charge in [0, 0.05) is 37.8 Å². The number of hydrogen-bond donors (Lipinski definition) is 0. The fourth-order valence-electron chi connectivity index (χ4n) is 3.19. The van der Waals surface area contributed by atoms with Gasteiger partial charge in [-0.25, -0.2) is 9.59 Å². The van der Waals surface area contributed by atoms with Crippen molar-refractivity contribution in [3.63, 3.8) is 0 Å². The number of aromatic nitrogens is 2. The summed E-state index contributed by atoms with van der Waals surface area (Å²) in [5.41, 5.74) is -0.437. The lowest BCUT2D eigenvalue weighted by molar-refractivity contribution is -0.155. The maximum atomic E-state index is 12.6. The van der Waals surface area contributed by atoms with Crippen LogP contribution in [0.5, 0.6) is 0 Å². The lowest BCUT2D eigenvalue weighted by Gasteiger charge is -2.41. The van der Waals surface area contributed by atoms with Crippen LogP contribution in [0.15, 0.2) is 12.3 Å². The van der Waals surface area contributed by atoms with E-state index in [1.165, 1.54) is 7.11 Å². The molecule has 0 radical (unpaired) electrons. The number of piperidine rings is 1. The lowest BCUT2D eigenvalue weighted by Crippen LogP contribution is -2.54. The van der Waals surface area contributed by atoms with Crippen LogP contribution in [-0.2, 0) is 19.8 Å². The highest BCUT2D eigenvalue weighted by molar-refractivity contribution is 5.79. The topological polar surface area (TPSA) is 73.7 Å². The Morgan fingerprint density at radius 3 is 2.32 bits per heavy atom. The van der Waals surface area contributed by atoms with Gasteiger partial charge in [-0.15, -0.1) is 0 Å². The number of carbonyl (C=O) groups excluding carboxylic acids is 2. The average molecular weight is 351 g/mol. The highest BCUT2D eigenvalue weighted by Crippen LogP contribution is 2.34. The highest BCUT2D eigenvalue weighted by atomic mass is 16.6. The van der Waals surface area contributed by atoms with Crippen LogP contribution in [0, 0.1) is 0 Å². The van der Waals surface area contributed by atoms with Crippen LogP contribution in [0.2, 0.25) is 0 Å². The molecule has 1 amide bonds. The van der Waals surface area contributed by atoms with Crippen LogP contribution in [0.25, 0.3) is 0 Å². The van der Waals surface area contributed by atoms with Gasteiger partial charge in [0.25, 0.3) is 0 Å². The van der Waals surface area contributed by atoms with Gasteiger partial charge < -0.3 is 14.4 Å². The van der Waals surface area contributed by atoms with Crippen molar-refractivity contribution in [2.45, 2.75) is 64.5 Å². The summed E-state index contributed by atoms with van der Waals surface area (Å²) in [6, 6.07) is 1.93. The van der Waals surface area contributed by atoms with Crippen molar-refractivity contribution in [3.05, 3.63) is 18.0 Å². The number of ether oxygens (including phenoxy) is 2. The summed E-state index contributed by atoms with van der Waals surface area (Å²) in [7, 11) is 1.39. The van der Waals surface area contributed by atoms with Crippen molar-refractivity contribution in [2.24, 2.45) is 0 Å². The summed E-state index contributed by atoms with van der Waals surface area (Å²) < 4.78 is 12.3. The Hall–Kier alpha value is -2.05. The van der Waals surface area contributed by atoms with Gasteiger partial charge in [0.15, 0.2) is 5.54 Å². The molecule has 0 aromatic carbocycles. The van der Waals surface area contributed by atoms with Gasteiger partial charge in [-0.2, -0.15) is 5.10 Å². The van der Waals surface area contributed by atoms with E-state index in [4.69, 9.17) is 9.47 Å². The predicted octanol–water partition coefficient (Wildman–Crippen LogP) is 2.91. The normalized spacial score (nSPS) is 17.5. The molecule has 1 aromatic rings. The summed E-state index contributed by atoms with van der Waals surface area (Å²) >= 11 is 0. The second kappa shape index (κ2) is 7.06. The number of methoxy groups -OCH3 is 1. The minimum atomic E-state index is -0.879. The Balaban J connectivity index is 2.24. The molecule has 0 saturated carbocycles. The lowest BCUT2D eigenvalue weighted by atomic mass is 9.87. The molecule has 25 heavy (non-hydrogen) atoms. The molecular formula is C18H29N3O4. The Kier molecular flexibility index (Phi) is 5.44. The molecule has 1 fully saturated rings. The van der Waals surface area contributed by atoms with Crippen molar-refractivity contribution in [1.82, 2.24) is 14.7 Å². The van der Waals surface area contributed by atoms with Gasteiger partial charge in [0.1, 0.15) is 5.60 Å². The molecule has 1 saturated heterocycles. The predicted molar refractivity (Wildman–Crippen MR) is 93.3 cm³/mol. The van der Waals surface area contributed by atoms with E-state index in [1.54, 1.807) is 15.8 Å². The smallest absolute Gasteiger partial charge is 0.410 e. The van der Waals surface area contributed by atoms with Crippen molar-refractivity contribution in [1.29, 1.82) is 0 Å². The van der Waals surface area contributed by atoms with Gasteiger partial charge >= 0.3 is 12.1 Å². The minimum absolute atomic E-state index is 0.230. The van der Waals surface area contributed by atoms with Crippen molar-refractivity contribution < 1.29 is 19.1 Å². The number of esters is 1. The molecule has 2 rings (SSSR count). The van der Waals surface area contributed by atoms with Crippen LogP contribution in [0.1, 0.15) is 59.1 Å². The quantitative estimate of drug-likeness (QED) is 0.783. The Morgan fingerprint density at radius 2 is 1.84 bits per heavy atom. The van der Waals surface area contributed by atoms with Crippen LogP contribution in [0.4, 0.5) is 4.79 Å². The molecule has 1 aromatic heterocycles. The van der Waals surface area contributed by atoms with Crippen LogP contribution < -0.4 is 0 Å². The van der Waals surface area contributed by atoms with E-state index >= 15 is 0 Å². The second-order valence-corrected chi connectivity index (χ2v) is 7.81. The zero-order valence-electron chi connectivity index (χ0n) is 16.0. The van der Waals surface area contributed by atoms with Gasteiger partial charge in [-0.1, -0.05) is 13.8 Å². The molecule has 0 atom stereocenters. The fraction of sp³-hybridized carbons (Fsp3) is 0.722. The Morgan fingerprint density at radius 1 is 1.24 bits per heavy atom. The number of nitrogens with zero attached hydrogens (tertiary/aromatic N) is 3. The number of rotatable bonds is 3. The largest absolute Gasteiger partial charge is 0.467 e. The first-order chi connectivity index (χ1) is 11.6. The number of amides is 1. The minimum Gasteiger partial charge on any atom is -0.467 e. The fourth-order valence-corrected chi connectivity index (χ4v) is 3.19. The third kappa shape index (κ3) is 3.96. The Labute approximate surface area is 149 Å². The molecule has 1 aliphatic heterocycles. The zero-order valence-corrected chi connectivity index (χ0v) is 16.0. The monoisotopic (exact) mass is 351 g/mol. The molecule has 0 unspecified atom stereocenters. The molecule has 2 heterocycles. The number of carbonyl (C=O) groups is 2. The maximum Gasteiger partial charge on any atom is 0.410 e. The molecular weight excluding hydrogens is 322 g/mol. The van der Waals surface area contributed by atoms with Crippen molar-refractivity contribution in [3.8, 4) is 0 Å². The first-order valence-corrected chi connectivity index (χ1v) is 8.71. The molecule has 0 bridgehead atoms. The van der Waals surface area contributed by atoms with E-state index in [-0.39, 0.29) is 18.0 Å². The second-order valence-electron chi connectivity index (χ2n) is 7.81. The van der Waals surface area contributed by atoms with Gasteiger partial charge in [-0.05, 0) is 32.8 Å². The van der Waals surface area contributed by atoms with E-state index in [0.29, 0.717) is 25.9 Å². The molecule has 7 nitrogen and oxygen atoms in total. The van der Waals surface area contributed by atoms with Crippen molar-refractivity contribution >= 4 is 12.1 Å². The molecule has 0 N–H and O–H groups in total. The van der Waals surface area contributed by atoms with Gasteiger partial charge in [0.05, 0.1) is 7.11 Å². The molecule has 1 aliphatic rings. The van der Waals surface area contributed by atoms with Gasteiger partial charge in [-0.3, -0.25) is 4.68 Å². The summed E-state index contributed by atoms with van der Waals surface area (Å²) in [4.78, 5) is 26.6. The van der Waals surface area contributed by atoms with E-state index in [2.05, 4.69) is 18.9 Å². The third-order valence-electron chi connectivity index (χ3n) is 4.48. The van der Waals surface area contributed by atoms with Crippen LogP contribution in [-0.4, -0.2) is 52.5 Å². The first-order valence-electron chi connectivity index (χ1n) is 8.71. The van der Waals surface area contributed by atoms with E-state index < -0.39 is 11.1 Å². The van der Waals surface area contributed by atoms with Crippen LogP contribution >= 0.6 is 0 Å². The molecule has 140 valence electrons. The van der Waals surface area contributed by atoms with E-state index in [1.807, 2.05) is 26.8 Å².